The Hall–Kier alpha value is -3.02. The van der Waals surface area contributed by atoms with E-state index in [9.17, 15) is 14.7 Å². The van der Waals surface area contributed by atoms with Crippen LogP contribution in [0.25, 0.3) is 0 Å². The minimum atomic E-state index is -1.30. The predicted molar refractivity (Wildman–Crippen MR) is 136 cm³/mol. The molecule has 34 heavy (non-hydrogen) atoms. The molecule has 0 unspecified atom stereocenters. The number of unbranched alkanes of at least 4 members (excludes halogenated alkanes) is 1. The molecule has 0 saturated carbocycles. The van der Waals surface area contributed by atoms with Gasteiger partial charge in [0.25, 0.3) is 0 Å². The summed E-state index contributed by atoms with van der Waals surface area (Å²) in [5.74, 6) is 0. The standard InChI is InChI=1S/C28H40N2O4/c1-8-9-18-28(7,30(25(31)32)27(4,5)6)34-26(33)29(19-23-14-10-21(2)11-15-23)20-24-16-12-22(3)13-17-24/h10-17H,8-9,18-20H2,1-7H3,(H,31,32)/t28-/m0/s1. The molecule has 0 radical (unpaired) electrons. The highest BCUT2D eigenvalue weighted by molar-refractivity contribution is 5.71. The van der Waals surface area contributed by atoms with Gasteiger partial charge in [-0.25, -0.2) is 9.59 Å². The second-order valence-electron chi connectivity index (χ2n) is 10.3. The number of carbonyl (C=O) groups excluding carboxylic acids is 1. The zero-order valence-corrected chi connectivity index (χ0v) is 21.7. The first kappa shape index (κ1) is 27.2. The van der Waals surface area contributed by atoms with Crippen LogP contribution in [0.3, 0.4) is 0 Å². The van der Waals surface area contributed by atoms with Gasteiger partial charge in [-0.1, -0.05) is 73.0 Å². The molecule has 0 aromatic heterocycles. The van der Waals surface area contributed by atoms with E-state index in [1.54, 1.807) is 11.8 Å². The molecule has 6 nitrogen and oxygen atoms in total. The average Bonchev–Trinajstić information content (AvgIpc) is 2.73. The van der Waals surface area contributed by atoms with Gasteiger partial charge in [-0.2, -0.15) is 0 Å². The number of benzene rings is 2. The van der Waals surface area contributed by atoms with Crippen molar-refractivity contribution >= 4 is 12.2 Å². The fourth-order valence-corrected chi connectivity index (χ4v) is 4.18. The lowest BCUT2D eigenvalue weighted by Crippen LogP contribution is -2.60. The Labute approximate surface area is 204 Å². The van der Waals surface area contributed by atoms with Crippen LogP contribution in [-0.2, 0) is 17.8 Å². The first-order valence-corrected chi connectivity index (χ1v) is 12.0. The van der Waals surface area contributed by atoms with Crippen molar-refractivity contribution in [1.82, 2.24) is 9.80 Å². The maximum Gasteiger partial charge on any atom is 0.412 e. The van der Waals surface area contributed by atoms with Gasteiger partial charge in [0, 0.05) is 25.0 Å². The van der Waals surface area contributed by atoms with Gasteiger partial charge in [0.05, 0.1) is 0 Å². The number of nitrogens with zero attached hydrogens (tertiary/aromatic N) is 2. The van der Waals surface area contributed by atoms with E-state index >= 15 is 0 Å². The van der Waals surface area contributed by atoms with Gasteiger partial charge in [0.15, 0.2) is 5.72 Å². The number of rotatable bonds is 9. The van der Waals surface area contributed by atoms with E-state index in [-0.39, 0.29) is 0 Å². The molecule has 6 heteroatoms. The smallest absolute Gasteiger partial charge is 0.412 e. The van der Waals surface area contributed by atoms with Crippen LogP contribution in [0, 0.1) is 13.8 Å². The first-order chi connectivity index (χ1) is 15.9. The zero-order chi connectivity index (χ0) is 25.5. The number of amides is 2. The van der Waals surface area contributed by atoms with Crippen molar-refractivity contribution in [1.29, 1.82) is 0 Å². The third-order valence-electron chi connectivity index (χ3n) is 5.88. The molecule has 0 aliphatic rings. The monoisotopic (exact) mass is 468 g/mol. The minimum Gasteiger partial charge on any atom is -0.465 e. The lowest BCUT2D eigenvalue weighted by Gasteiger charge is -2.46. The molecule has 0 aliphatic carbocycles. The van der Waals surface area contributed by atoms with Crippen molar-refractivity contribution in [2.75, 3.05) is 0 Å². The summed E-state index contributed by atoms with van der Waals surface area (Å²) in [5.41, 5.74) is 2.21. The molecule has 2 aromatic rings. The minimum absolute atomic E-state index is 0.361. The number of aryl methyl sites for hydroxylation is 2. The molecule has 2 amide bonds. The highest BCUT2D eigenvalue weighted by Crippen LogP contribution is 2.32. The Morgan fingerprint density at radius 3 is 1.65 bits per heavy atom. The predicted octanol–water partition coefficient (Wildman–Crippen LogP) is 7.13. The fourth-order valence-electron chi connectivity index (χ4n) is 4.18. The van der Waals surface area contributed by atoms with Crippen molar-refractivity contribution in [3.8, 4) is 0 Å². The van der Waals surface area contributed by atoms with Crippen LogP contribution in [0.2, 0.25) is 0 Å². The highest BCUT2D eigenvalue weighted by Gasteiger charge is 2.45. The van der Waals surface area contributed by atoms with E-state index in [1.165, 1.54) is 4.90 Å². The lowest BCUT2D eigenvalue weighted by molar-refractivity contribution is -0.131. The molecular weight excluding hydrogens is 428 g/mol. The Balaban J connectivity index is 2.39. The van der Waals surface area contributed by atoms with E-state index in [0.717, 1.165) is 35.1 Å². The molecule has 1 N–H and O–H groups in total. The van der Waals surface area contributed by atoms with Crippen LogP contribution >= 0.6 is 0 Å². The van der Waals surface area contributed by atoms with Crippen molar-refractivity contribution in [3.63, 3.8) is 0 Å². The molecule has 0 saturated heterocycles. The van der Waals surface area contributed by atoms with Crippen molar-refractivity contribution < 1.29 is 19.4 Å². The van der Waals surface area contributed by atoms with Gasteiger partial charge in [-0.3, -0.25) is 9.80 Å². The SMILES string of the molecule is CCCC[C@](C)(OC(=O)N(Cc1ccc(C)cc1)Cc1ccc(C)cc1)N(C(=O)O)C(C)(C)C. The van der Waals surface area contributed by atoms with Gasteiger partial charge >= 0.3 is 12.2 Å². The van der Waals surface area contributed by atoms with E-state index in [1.807, 2.05) is 90.1 Å². The van der Waals surface area contributed by atoms with Crippen LogP contribution in [0.15, 0.2) is 48.5 Å². The van der Waals surface area contributed by atoms with Crippen molar-refractivity contribution in [3.05, 3.63) is 70.8 Å². The summed E-state index contributed by atoms with van der Waals surface area (Å²) in [6.45, 7) is 13.9. The summed E-state index contributed by atoms with van der Waals surface area (Å²) in [4.78, 5) is 28.8. The molecule has 0 bridgehead atoms. The largest absolute Gasteiger partial charge is 0.465 e. The molecule has 2 rings (SSSR count). The van der Waals surface area contributed by atoms with Crippen LogP contribution in [0.5, 0.6) is 0 Å². The normalized spacial score (nSPS) is 13.1. The number of hydrogen-bond acceptors (Lipinski definition) is 3. The lowest BCUT2D eigenvalue weighted by atomic mass is 9.98. The van der Waals surface area contributed by atoms with Gasteiger partial charge in [0.1, 0.15) is 0 Å². The summed E-state index contributed by atoms with van der Waals surface area (Å²) in [7, 11) is 0. The Kier molecular flexibility index (Phi) is 9.14. The maximum absolute atomic E-state index is 13.6. The summed E-state index contributed by atoms with van der Waals surface area (Å²) >= 11 is 0. The number of carboxylic acid groups (broad SMARTS) is 1. The van der Waals surface area contributed by atoms with Crippen LogP contribution in [0.4, 0.5) is 9.59 Å². The number of carbonyl (C=O) groups is 2. The third kappa shape index (κ3) is 7.51. The first-order valence-electron chi connectivity index (χ1n) is 12.0. The Morgan fingerprint density at radius 2 is 1.29 bits per heavy atom. The summed E-state index contributed by atoms with van der Waals surface area (Å²) in [6.07, 6.45) is 0.375. The van der Waals surface area contributed by atoms with Crippen LogP contribution < -0.4 is 0 Å². The molecule has 0 aliphatic heterocycles. The Morgan fingerprint density at radius 1 is 0.853 bits per heavy atom. The van der Waals surface area contributed by atoms with Crippen LogP contribution in [-0.4, -0.2) is 38.4 Å². The van der Waals surface area contributed by atoms with E-state index in [4.69, 9.17) is 4.74 Å². The van der Waals surface area contributed by atoms with E-state index in [2.05, 4.69) is 0 Å². The highest BCUT2D eigenvalue weighted by atomic mass is 16.6. The molecule has 1 atom stereocenters. The van der Waals surface area contributed by atoms with Crippen LogP contribution in [0.1, 0.15) is 76.1 Å². The van der Waals surface area contributed by atoms with E-state index in [0.29, 0.717) is 19.5 Å². The molecule has 2 aromatic carbocycles. The number of ether oxygens (including phenoxy) is 1. The Bertz CT molecular complexity index is 900. The average molecular weight is 469 g/mol. The van der Waals surface area contributed by atoms with Gasteiger partial charge in [-0.15, -0.1) is 0 Å². The molecular formula is C28H40N2O4. The fraction of sp³-hybridized carbons (Fsp3) is 0.500. The summed E-state index contributed by atoms with van der Waals surface area (Å²) in [5, 5.41) is 10.0. The molecule has 0 heterocycles. The van der Waals surface area contributed by atoms with Crippen molar-refractivity contribution in [2.24, 2.45) is 0 Å². The molecule has 186 valence electrons. The van der Waals surface area contributed by atoms with Gasteiger partial charge in [-0.05, 0) is 59.1 Å². The third-order valence-corrected chi connectivity index (χ3v) is 5.88. The molecule has 0 spiro atoms. The van der Waals surface area contributed by atoms with Gasteiger partial charge in [0.2, 0.25) is 0 Å². The summed E-state index contributed by atoms with van der Waals surface area (Å²) < 4.78 is 6.08. The molecule has 0 fully saturated rings. The summed E-state index contributed by atoms with van der Waals surface area (Å²) in [6, 6.07) is 16.1. The number of hydrogen-bond donors (Lipinski definition) is 1. The second-order valence-corrected chi connectivity index (χ2v) is 10.3. The maximum atomic E-state index is 13.6. The van der Waals surface area contributed by atoms with E-state index < -0.39 is 23.5 Å². The van der Waals surface area contributed by atoms with Gasteiger partial charge < -0.3 is 9.84 Å². The second kappa shape index (κ2) is 11.4. The quantitative estimate of drug-likeness (QED) is 0.398. The van der Waals surface area contributed by atoms with Crippen molar-refractivity contribution in [2.45, 2.75) is 92.1 Å². The zero-order valence-electron chi connectivity index (χ0n) is 21.7. The topological polar surface area (TPSA) is 70.1 Å².